The topological polar surface area (TPSA) is 75.8 Å². The van der Waals surface area contributed by atoms with Crippen molar-refractivity contribution >= 4 is 21.1 Å². The van der Waals surface area contributed by atoms with E-state index in [0.717, 1.165) is 3.97 Å². The van der Waals surface area contributed by atoms with Gasteiger partial charge in [-0.3, -0.25) is 0 Å². The van der Waals surface area contributed by atoms with Gasteiger partial charge in [-0.05, 0) is 24.3 Å². The van der Waals surface area contributed by atoms with E-state index in [1.165, 1.54) is 12.1 Å². The molecular formula is C15H11N3O2S. The molecule has 21 heavy (non-hydrogen) atoms. The highest BCUT2D eigenvalue weighted by Gasteiger charge is 2.23. The van der Waals surface area contributed by atoms with Crippen molar-refractivity contribution in [3.05, 3.63) is 60.4 Å². The molecule has 3 rings (SSSR count). The van der Waals surface area contributed by atoms with Gasteiger partial charge in [0.2, 0.25) is 0 Å². The molecule has 2 aromatic carbocycles. The number of aromatic nitrogens is 2. The lowest BCUT2D eigenvalue weighted by Gasteiger charge is -2.09. The lowest BCUT2D eigenvalue weighted by molar-refractivity contribution is 0.587. The number of rotatable bonds is 3. The van der Waals surface area contributed by atoms with Crippen LogP contribution < -0.4 is 0 Å². The van der Waals surface area contributed by atoms with E-state index in [-0.39, 0.29) is 17.1 Å². The minimum atomic E-state index is -3.77. The molecule has 0 saturated carbocycles. The van der Waals surface area contributed by atoms with Crippen molar-refractivity contribution in [2.24, 2.45) is 0 Å². The molecule has 0 unspecified atom stereocenters. The molecule has 0 bridgehead atoms. The number of hydrogen-bond acceptors (Lipinski definition) is 4. The molecule has 0 aliphatic carbocycles. The third-order valence-electron chi connectivity index (χ3n) is 3.10. The number of hydrogen-bond donors (Lipinski definition) is 0. The summed E-state index contributed by atoms with van der Waals surface area (Å²) in [7, 11) is -3.77. The summed E-state index contributed by atoms with van der Waals surface area (Å²) in [6, 6.07) is 17.0. The Morgan fingerprint density at radius 1 is 1.05 bits per heavy atom. The summed E-state index contributed by atoms with van der Waals surface area (Å²) in [5.41, 5.74) is 1.04. The van der Waals surface area contributed by atoms with Crippen molar-refractivity contribution in [3.63, 3.8) is 0 Å². The van der Waals surface area contributed by atoms with Crippen molar-refractivity contribution < 1.29 is 8.42 Å². The first-order chi connectivity index (χ1) is 10.1. The largest absolute Gasteiger partial charge is 0.269 e. The van der Waals surface area contributed by atoms with Gasteiger partial charge in [0, 0.05) is 0 Å². The van der Waals surface area contributed by atoms with Gasteiger partial charge in [0.15, 0.2) is 0 Å². The van der Waals surface area contributed by atoms with Gasteiger partial charge in [-0.25, -0.2) is 17.4 Å². The van der Waals surface area contributed by atoms with Crippen LogP contribution in [-0.2, 0) is 16.4 Å². The maximum Gasteiger partial charge on any atom is 0.269 e. The van der Waals surface area contributed by atoms with Crippen LogP contribution in [0, 0.1) is 11.3 Å². The normalized spacial score (nSPS) is 11.4. The van der Waals surface area contributed by atoms with Crippen LogP contribution in [0.2, 0.25) is 0 Å². The maximum absolute atomic E-state index is 12.8. The predicted molar refractivity (Wildman–Crippen MR) is 78.1 cm³/mol. The van der Waals surface area contributed by atoms with E-state index in [9.17, 15) is 8.42 Å². The summed E-state index contributed by atoms with van der Waals surface area (Å²) in [5, 5.41) is 8.91. The number of fused-ring (bicyclic) bond motifs is 1. The lowest BCUT2D eigenvalue weighted by atomic mass is 10.3. The summed E-state index contributed by atoms with van der Waals surface area (Å²) in [5.74, 6) is 0.225. The summed E-state index contributed by atoms with van der Waals surface area (Å²) in [6.07, 6.45) is -0.0687. The standard InChI is InChI=1S/C15H11N3O2S/c16-11-10-15-17-13-8-4-5-9-14(13)18(15)21(19,20)12-6-2-1-3-7-12/h1-9H,10H2. The third kappa shape index (κ3) is 2.18. The van der Waals surface area contributed by atoms with Crippen LogP contribution in [-0.4, -0.2) is 17.4 Å². The molecule has 1 aromatic heterocycles. The quantitative estimate of drug-likeness (QED) is 0.743. The second kappa shape index (κ2) is 5.04. The van der Waals surface area contributed by atoms with Crippen LogP contribution in [0.3, 0.4) is 0 Å². The number of para-hydroxylation sites is 2. The van der Waals surface area contributed by atoms with Crippen molar-refractivity contribution in [2.45, 2.75) is 11.3 Å². The molecule has 6 heteroatoms. The molecule has 3 aromatic rings. The van der Waals surface area contributed by atoms with Crippen molar-refractivity contribution in [1.29, 1.82) is 5.26 Å². The summed E-state index contributed by atoms with van der Waals surface area (Å²) >= 11 is 0. The molecule has 0 saturated heterocycles. The first-order valence-electron chi connectivity index (χ1n) is 6.28. The average molecular weight is 297 g/mol. The first kappa shape index (κ1) is 13.3. The fourth-order valence-electron chi connectivity index (χ4n) is 2.20. The van der Waals surface area contributed by atoms with Crippen molar-refractivity contribution in [2.75, 3.05) is 0 Å². The Labute approximate surface area is 122 Å². The van der Waals surface area contributed by atoms with Gasteiger partial charge in [0.05, 0.1) is 28.4 Å². The van der Waals surface area contributed by atoms with Gasteiger partial charge < -0.3 is 0 Å². The fourth-order valence-corrected chi connectivity index (χ4v) is 3.71. The van der Waals surface area contributed by atoms with E-state index in [0.29, 0.717) is 11.0 Å². The Kier molecular flexibility index (Phi) is 3.20. The van der Waals surface area contributed by atoms with E-state index < -0.39 is 10.0 Å². The predicted octanol–water partition coefficient (Wildman–Crippen LogP) is 2.34. The van der Waals surface area contributed by atoms with Crippen molar-refractivity contribution in [1.82, 2.24) is 8.96 Å². The van der Waals surface area contributed by atoms with Gasteiger partial charge in [0.1, 0.15) is 5.82 Å². The monoisotopic (exact) mass is 297 g/mol. The molecule has 0 atom stereocenters. The summed E-state index contributed by atoms with van der Waals surface area (Å²) < 4.78 is 26.8. The highest BCUT2D eigenvalue weighted by atomic mass is 32.2. The van der Waals surface area contributed by atoms with Crippen LogP contribution in [0.25, 0.3) is 11.0 Å². The van der Waals surface area contributed by atoms with Crippen LogP contribution in [0.15, 0.2) is 59.5 Å². The first-order valence-corrected chi connectivity index (χ1v) is 7.72. The molecule has 104 valence electrons. The highest BCUT2D eigenvalue weighted by molar-refractivity contribution is 7.90. The van der Waals surface area contributed by atoms with Gasteiger partial charge in [-0.1, -0.05) is 30.3 Å². The molecule has 5 nitrogen and oxygen atoms in total. The Bertz CT molecular complexity index is 938. The van der Waals surface area contributed by atoms with Crippen LogP contribution in [0.4, 0.5) is 0 Å². The maximum atomic E-state index is 12.8. The molecule has 0 radical (unpaired) electrons. The van der Waals surface area contributed by atoms with Crippen LogP contribution in [0.5, 0.6) is 0 Å². The minimum absolute atomic E-state index is 0.0687. The number of benzene rings is 2. The molecule has 0 spiro atoms. The number of nitrogens with zero attached hydrogens (tertiary/aromatic N) is 3. The Hall–Kier alpha value is -2.65. The SMILES string of the molecule is N#CCc1nc2ccccc2n1S(=O)(=O)c1ccccc1. The Morgan fingerprint density at radius 3 is 2.43 bits per heavy atom. The molecule has 0 fully saturated rings. The number of imidazole rings is 1. The Morgan fingerprint density at radius 2 is 1.71 bits per heavy atom. The average Bonchev–Trinajstić information content (AvgIpc) is 2.87. The van der Waals surface area contributed by atoms with Crippen molar-refractivity contribution in [3.8, 4) is 6.07 Å². The number of nitriles is 1. The van der Waals surface area contributed by atoms with E-state index in [1.54, 1.807) is 42.5 Å². The summed E-state index contributed by atoms with van der Waals surface area (Å²) in [6.45, 7) is 0. The second-order valence-electron chi connectivity index (χ2n) is 4.43. The van der Waals surface area contributed by atoms with Gasteiger partial charge >= 0.3 is 0 Å². The zero-order chi connectivity index (χ0) is 14.9. The van der Waals surface area contributed by atoms with Gasteiger partial charge in [0.25, 0.3) is 10.0 Å². The van der Waals surface area contributed by atoms with E-state index in [2.05, 4.69) is 4.98 Å². The van der Waals surface area contributed by atoms with Crippen LogP contribution in [0.1, 0.15) is 5.82 Å². The lowest BCUT2D eigenvalue weighted by Crippen LogP contribution is -2.15. The fraction of sp³-hybridized carbons (Fsp3) is 0.0667. The van der Waals surface area contributed by atoms with E-state index >= 15 is 0 Å². The van der Waals surface area contributed by atoms with Crippen LogP contribution >= 0.6 is 0 Å². The minimum Gasteiger partial charge on any atom is -0.231 e. The third-order valence-corrected chi connectivity index (χ3v) is 4.86. The molecular weight excluding hydrogens is 286 g/mol. The van der Waals surface area contributed by atoms with Gasteiger partial charge in [-0.15, -0.1) is 0 Å². The molecule has 0 amide bonds. The molecule has 0 N–H and O–H groups in total. The molecule has 1 heterocycles. The van der Waals surface area contributed by atoms with Gasteiger partial charge in [-0.2, -0.15) is 5.26 Å². The molecule has 0 aliphatic rings. The summed E-state index contributed by atoms with van der Waals surface area (Å²) in [4.78, 5) is 4.43. The Balaban J connectivity index is 2.34. The second-order valence-corrected chi connectivity index (χ2v) is 6.22. The van der Waals surface area contributed by atoms with E-state index in [1.807, 2.05) is 6.07 Å². The highest BCUT2D eigenvalue weighted by Crippen LogP contribution is 2.23. The molecule has 0 aliphatic heterocycles. The smallest absolute Gasteiger partial charge is 0.231 e. The van der Waals surface area contributed by atoms with E-state index in [4.69, 9.17) is 5.26 Å². The zero-order valence-corrected chi connectivity index (χ0v) is 11.8. The zero-order valence-electron chi connectivity index (χ0n) is 11.0.